The average molecular weight is 341 g/mol. The minimum absolute atomic E-state index is 0.216. The molecule has 1 rings (SSSR count). The van der Waals surface area contributed by atoms with E-state index in [2.05, 4.69) is 15.9 Å². The summed E-state index contributed by atoms with van der Waals surface area (Å²) in [6, 6.07) is 4.99. The van der Waals surface area contributed by atoms with Crippen LogP contribution in [0.3, 0.4) is 0 Å². The zero-order valence-corrected chi connectivity index (χ0v) is 12.1. The van der Waals surface area contributed by atoms with Gasteiger partial charge in [-0.25, -0.2) is 8.78 Å². The van der Waals surface area contributed by atoms with Crippen LogP contribution in [0.2, 0.25) is 5.02 Å². The molecule has 18 heavy (non-hydrogen) atoms. The first-order chi connectivity index (χ1) is 8.47. The summed E-state index contributed by atoms with van der Waals surface area (Å²) in [6.07, 6.45) is -2.56. The molecule has 0 fully saturated rings. The predicted molar refractivity (Wildman–Crippen MR) is 71.9 cm³/mol. The molecule has 1 amide bonds. The Morgan fingerprint density at radius 3 is 2.72 bits per heavy atom. The number of halogens is 4. The molecule has 0 heterocycles. The maximum Gasteiger partial charge on any atom is 0.255 e. The molecule has 0 bridgehead atoms. The van der Waals surface area contributed by atoms with Gasteiger partial charge in [0.05, 0.1) is 17.1 Å². The molecule has 0 aliphatic rings. The molecule has 2 nitrogen and oxygen atoms in total. The lowest BCUT2D eigenvalue weighted by molar-refractivity contribution is 0.0572. The van der Waals surface area contributed by atoms with Crippen molar-refractivity contribution in [3.05, 3.63) is 34.3 Å². The van der Waals surface area contributed by atoms with E-state index >= 15 is 0 Å². The Morgan fingerprint density at radius 1 is 1.50 bits per heavy atom. The largest absolute Gasteiger partial charge is 0.332 e. The zero-order valence-electron chi connectivity index (χ0n) is 9.80. The molecule has 0 spiro atoms. The molecule has 0 unspecified atom stereocenters. The lowest BCUT2D eigenvalue weighted by Gasteiger charge is -2.22. The van der Waals surface area contributed by atoms with Crippen LogP contribution in [0.4, 0.5) is 8.78 Å². The minimum atomic E-state index is -2.56. The molecule has 0 radical (unpaired) electrons. The second-order valence-electron chi connectivity index (χ2n) is 3.77. The summed E-state index contributed by atoms with van der Waals surface area (Å²) in [5.41, 5.74) is 1.01. The van der Waals surface area contributed by atoms with Crippen LogP contribution in [0.1, 0.15) is 15.9 Å². The van der Waals surface area contributed by atoms with Crippen LogP contribution in [0, 0.1) is 6.92 Å². The molecule has 0 atom stereocenters. The molecular formula is C12H13BrClF2NO. The van der Waals surface area contributed by atoms with E-state index < -0.39 is 18.9 Å². The van der Waals surface area contributed by atoms with Crippen LogP contribution in [0.25, 0.3) is 0 Å². The molecule has 0 aliphatic heterocycles. The van der Waals surface area contributed by atoms with E-state index in [1.54, 1.807) is 25.1 Å². The van der Waals surface area contributed by atoms with Gasteiger partial charge in [-0.15, -0.1) is 0 Å². The topological polar surface area (TPSA) is 20.3 Å². The van der Waals surface area contributed by atoms with E-state index in [0.717, 1.165) is 10.5 Å². The first-order valence-electron chi connectivity index (χ1n) is 5.36. The van der Waals surface area contributed by atoms with Crippen molar-refractivity contribution in [1.29, 1.82) is 0 Å². The van der Waals surface area contributed by atoms with E-state index in [1.165, 1.54) is 0 Å². The number of benzene rings is 1. The van der Waals surface area contributed by atoms with Gasteiger partial charge in [-0.2, -0.15) is 0 Å². The maximum atomic E-state index is 12.4. The molecule has 0 saturated heterocycles. The van der Waals surface area contributed by atoms with Crippen molar-refractivity contribution < 1.29 is 13.6 Å². The van der Waals surface area contributed by atoms with Crippen molar-refractivity contribution in [3.8, 4) is 0 Å². The van der Waals surface area contributed by atoms with E-state index in [4.69, 9.17) is 11.6 Å². The standard InChI is InChI=1S/C12H13BrClF2NO/c1-8-3-2-4-9(11(8)14)12(18)17(6-5-13)7-10(15)16/h2-4,10H,5-7H2,1H3. The van der Waals surface area contributed by atoms with Gasteiger partial charge in [0.1, 0.15) is 0 Å². The van der Waals surface area contributed by atoms with Crippen molar-refractivity contribution in [2.24, 2.45) is 0 Å². The van der Waals surface area contributed by atoms with Gasteiger partial charge in [-0.3, -0.25) is 4.79 Å². The number of amides is 1. The number of hydrogen-bond acceptors (Lipinski definition) is 1. The first kappa shape index (κ1) is 15.4. The number of hydrogen-bond donors (Lipinski definition) is 0. The average Bonchev–Trinajstić information content (AvgIpc) is 2.31. The number of carbonyl (C=O) groups excluding carboxylic acids is 1. The zero-order chi connectivity index (χ0) is 13.7. The van der Waals surface area contributed by atoms with Crippen molar-refractivity contribution >= 4 is 33.4 Å². The summed E-state index contributed by atoms with van der Waals surface area (Å²) in [7, 11) is 0. The molecule has 0 aromatic heterocycles. The smallest absolute Gasteiger partial charge is 0.255 e. The Bertz CT molecular complexity index is 429. The van der Waals surface area contributed by atoms with Crippen LogP contribution in [-0.4, -0.2) is 35.7 Å². The summed E-state index contributed by atoms with van der Waals surface area (Å²) in [4.78, 5) is 13.2. The van der Waals surface area contributed by atoms with Gasteiger partial charge >= 0.3 is 0 Å². The summed E-state index contributed by atoms with van der Waals surface area (Å²) in [5.74, 6) is -0.469. The van der Waals surface area contributed by atoms with Crippen molar-refractivity contribution in [2.45, 2.75) is 13.3 Å². The van der Waals surface area contributed by atoms with Crippen LogP contribution in [0.15, 0.2) is 18.2 Å². The number of alkyl halides is 3. The fourth-order valence-electron chi connectivity index (χ4n) is 1.53. The Balaban J connectivity index is 2.98. The lowest BCUT2D eigenvalue weighted by Crippen LogP contribution is -2.36. The van der Waals surface area contributed by atoms with Gasteiger partial charge in [0.2, 0.25) is 0 Å². The van der Waals surface area contributed by atoms with Gasteiger partial charge < -0.3 is 4.90 Å². The molecule has 0 saturated carbocycles. The van der Waals surface area contributed by atoms with Crippen molar-refractivity contribution in [3.63, 3.8) is 0 Å². The molecule has 0 aliphatic carbocycles. The summed E-state index contributed by atoms with van der Waals surface area (Å²) in [6.45, 7) is 1.39. The minimum Gasteiger partial charge on any atom is -0.332 e. The van der Waals surface area contributed by atoms with Crippen LogP contribution in [0.5, 0.6) is 0 Å². The normalized spacial score (nSPS) is 10.8. The van der Waals surface area contributed by atoms with Crippen LogP contribution in [-0.2, 0) is 0 Å². The van der Waals surface area contributed by atoms with Gasteiger partial charge in [0.15, 0.2) is 0 Å². The molecule has 0 N–H and O–H groups in total. The van der Waals surface area contributed by atoms with Crippen LogP contribution >= 0.6 is 27.5 Å². The Hall–Kier alpha value is -0.680. The second-order valence-corrected chi connectivity index (χ2v) is 4.94. The fourth-order valence-corrected chi connectivity index (χ4v) is 2.16. The summed E-state index contributed by atoms with van der Waals surface area (Å²) in [5, 5.41) is 0.755. The van der Waals surface area contributed by atoms with Gasteiger partial charge in [0.25, 0.3) is 12.3 Å². The highest BCUT2D eigenvalue weighted by Crippen LogP contribution is 2.22. The molecule has 1 aromatic rings. The van der Waals surface area contributed by atoms with Crippen molar-refractivity contribution in [1.82, 2.24) is 4.90 Å². The van der Waals surface area contributed by atoms with Gasteiger partial charge in [-0.05, 0) is 18.6 Å². The predicted octanol–water partition coefficient (Wildman–Crippen LogP) is 3.75. The Kier molecular flexibility index (Phi) is 6.02. The third-order valence-electron chi connectivity index (χ3n) is 2.42. The number of aryl methyl sites for hydroxylation is 1. The Labute approximate surface area is 118 Å². The van der Waals surface area contributed by atoms with E-state index in [9.17, 15) is 13.6 Å². The molecule has 6 heteroatoms. The highest BCUT2D eigenvalue weighted by atomic mass is 79.9. The van der Waals surface area contributed by atoms with Gasteiger partial charge in [0, 0.05) is 11.9 Å². The maximum absolute atomic E-state index is 12.4. The van der Waals surface area contributed by atoms with Gasteiger partial charge in [-0.1, -0.05) is 39.7 Å². The highest BCUT2D eigenvalue weighted by molar-refractivity contribution is 9.09. The molecule has 1 aromatic carbocycles. The number of carbonyl (C=O) groups is 1. The molecular weight excluding hydrogens is 327 g/mol. The highest BCUT2D eigenvalue weighted by Gasteiger charge is 2.21. The van der Waals surface area contributed by atoms with Crippen LogP contribution < -0.4 is 0 Å². The van der Waals surface area contributed by atoms with E-state index in [0.29, 0.717) is 10.4 Å². The number of nitrogens with zero attached hydrogens (tertiary/aromatic N) is 1. The summed E-state index contributed by atoms with van der Waals surface area (Å²) >= 11 is 9.16. The van der Waals surface area contributed by atoms with E-state index in [-0.39, 0.29) is 12.1 Å². The lowest BCUT2D eigenvalue weighted by atomic mass is 10.1. The van der Waals surface area contributed by atoms with E-state index in [1.807, 2.05) is 0 Å². The second kappa shape index (κ2) is 7.04. The van der Waals surface area contributed by atoms with Crippen molar-refractivity contribution in [2.75, 3.05) is 18.4 Å². The third kappa shape index (κ3) is 3.92. The summed E-state index contributed by atoms with van der Waals surface area (Å²) < 4.78 is 24.8. The Morgan fingerprint density at radius 2 is 2.17 bits per heavy atom. The number of rotatable bonds is 5. The third-order valence-corrected chi connectivity index (χ3v) is 3.28. The molecule has 100 valence electrons. The fraction of sp³-hybridized carbons (Fsp3) is 0.417. The quantitative estimate of drug-likeness (QED) is 0.748. The SMILES string of the molecule is Cc1cccc(C(=O)N(CCBr)CC(F)F)c1Cl. The first-order valence-corrected chi connectivity index (χ1v) is 6.85. The monoisotopic (exact) mass is 339 g/mol.